The maximum Gasteiger partial charge on any atom is 0.140 e. The molecule has 56 valence electrons. The maximum absolute atomic E-state index is 5.50. The molecule has 0 atom stereocenters. The summed E-state index contributed by atoms with van der Waals surface area (Å²) in [6.07, 6.45) is 5.60. The molecule has 0 aromatic carbocycles. The van der Waals surface area contributed by atoms with E-state index in [9.17, 15) is 0 Å². The predicted octanol–water partition coefficient (Wildman–Crippen LogP) is 1.22. The fourth-order valence-corrected chi connectivity index (χ4v) is 1.17. The summed E-state index contributed by atoms with van der Waals surface area (Å²) in [7, 11) is 0. The molecular formula is C8H9N3. The van der Waals surface area contributed by atoms with Crippen LogP contribution in [0.25, 0.3) is 5.52 Å². The minimum absolute atomic E-state index is 0.549. The van der Waals surface area contributed by atoms with E-state index in [4.69, 9.17) is 5.73 Å². The molecule has 0 aliphatic rings. The molecule has 0 bridgehead atoms. The molecule has 11 heavy (non-hydrogen) atoms. The quantitative estimate of drug-likeness (QED) is 0.609. The number of nitrogens with two attached hydrogens (primary N) is 1. The monoisotopic (exact) mass is 147 g/mol. The van der Waals surface area contributed by atoms with Crippen LogP contribution in [0.3, 0.4) is 0 Å². The Morgan fingerprint density at radius 1 is 1.45 bits per heavy atom. The van der Waals surface area contributed by atoms with Crippen LogP contribution in [0.2, 0.25) is 0 Å². The van der Waals surface area contributed by atoms with E-state index in [-0.39, 0.29) is 0 Å². The number of nitrogen functional groups attached to an aromatic ring is 1. The van der Waals surface area contributed by atoms with E-state index in [2.05, 4.69) is 11.1 Å². The second kappa shape index (κ2) is 1.99. The normalized spacial score (nSPS) is 10.6. The molecule has 0 radical (unpaired) electrons. The van der Waals surface area contributed by atoms with Gasteiger partial charge in [0.05, 0.1) is 17.9 Å². The van der Waals surface area contributed by atoms with Gasteiger partial charge in [-0.1, -0.05) is 0 Å². The number of aromatic nitrogens is 2. The van der Waals surface area contributed by atoms with Crippen LogP contribution in [-0.4, -0.2) is 9.38 Å². The summed E-state index contributed by atoms with van der Waals surface area (Å²) in [5.41, 5.74) is 7.80. The Balaban J connectivity index is 2.82. The van der Waals surface area contributed by atoms with Crippen LogP contribution in [0.4, 0.5) is 5.82 Å². The van der Waals surface area contributed by atoms with Gasteiger partial charge in [-0.15, -0.1) is 0 Å². The summed E-state index contributed by atoms with van der Waals surface area (Å²) in [5.74, 6) is 0.549. The molecule has 0 aliphatic carbocycles. The minimum atomic E-state index is 0.549. The smallest absolute Gasteiger partial charge is 0.140 e. The zero-order valence-electron chi connectivity index (χ0n) is 6.28. The first-order valence-corrected chi connectivity index (χ1v) is 3.45. The molecule has 0 fully saturated rings. The van der Waals surface area contributed by atoms with Crippen molar-refractivity contribution in [2.45, 2.75) is 6.92 Å². The summed E-state index contributed by atoms with van der Waals surface area (Å²) in [6.45, 7) is 2.04. The lowest BCUT2D eigenvalue weighted by atomic mass is 10.4. The average molecular weight is 147 g/mol. The lowest BCUT2D eigenvalue weighted by Gasteiger charge is -1.93. The van der Waals surface area contributed by atoms with Crippen molar-refractivity contribution >= 4 is 11.3 Å². The molecule has 0 unspecified atom stereocenters. The summed E-state index contributed by atoms with van der Waals surface area (Å²) < 4.78 is 1.97. The SMILES string of the molecule is Cc1cc2cnc(N)cn2c1. The van der Waals surface area contributed by atoms with Gasteiger partial charge < -0.3 is 10.1 Å². The second-order valence-electron chi connectivity index (χ2n) is 2.66. The zero-order chi connectivity index (χ0) is 7.84. The standard InChI is InChI=1S/C8H9N3/c1-6-2-7-3-10-8(9)5-11(7)4-6/h2-5H,9H2,1H3. The fraction of sp³-hybridized carbons (Fsp3) is 0.125. The first-order valence-electron chi connectivity index (χ1n) is 3.45. The van der Waals surface area contributed by atoms with Gasteiger partial charge in [-0.3, -0.25) is 0 Å². The van der Waals surface area contributed by atoms with E-state index in [1.807, 2.05) is 23.7 Å². The number of hydrogen-bond acceptors (Lipinski definition) is 2. The number of hydrogen-bond donors (Lipinski definition) is 1. The number of nitrogens with zero attached hydrogens (tertiary/aromatic N) is 2. The Bertz CT molecular complexity index is 389. The van der Waals surface area contributed by atoms with E-state index < -0.39 is 0 Å². The molecule has 0 aliphatic heterocycles. The first kappa shape index (κ1) is 6.22. The molecule has 2 heterocycles. The third-order valence-electron chi connectivity index (χ3n) is 1.63. The van der Waals surface area contributed by atoms with Crippen molar-refractivity contribution in [1.82, 2.24) is 9.38 Å². The van der Waals surface area contributed by atoms with Crippen molar-refractivity contribution < 1.29 is 0 Å². The van der Waals surface area contributed by atoms with Crippen LogP contribution in [0.5, 0.6) is 0 Å². The molecule has 0 spiro atoms. The van der Waals surface area contributed by atoms with Crippen LogP contribution in [0.15, 0.2) is 24.7 Å². The Labute approximate surface area is 64.5 Å². The first-order chi connectivity index (χ1) is 5.25. The van der Waals surface area contributed by atoms with E-state index in [1.54, 1.807) is 6.20 Å². The van der Waals surface area contributed by atoms with Crippen LogP contribution >= 0.6 is 0 Å². The molecule has 2 rings (SSSR count). The van der Waals surface area contributed by atoms with Gasteiger partial charge in [-0.05, 0) is 18.6 Å². The predicted molar refractivity (Wildman–Crippen MR) is 44.3 cm³/mol. The van der Waals surface area contributed by atoms with Crippen LogP contribution < -0.4 is 5.73 Å². The summed E-state index contributed by atoms with van der Waals surface area (Å²) in [6, 6.07) is 2.06. The highest BCUT2D eigenvalue weighted by molar-refractivity contribution is 5.50. The summed E-state index contributed by atoms with van der Waals surface area (Å²) >= 11 is 0. The Morgan fingerprint density at radius 2 is 2.27 bits per heavy atom. The maximum atomic E-state index is 5.50. The van der Waals surface area contributed by atoms with Crippen molar-refractivity contribution in [2.75, 3.05) is 5.73 Å². The van der Waals surface area contributed by atoms with Crippen molar-refractivity contribution in [3.8, 4) is 0 Å². The summed E-state index contributed by atoms with van der Waals surface area (Å²) in [4.78, 5) is 3.98. The third kappa shape index (κ3) is 0.941. The highest BCUT2D eigenvalue weighted by atomic mass is 14.9. The zero-order valence-corrected chi connectivity index (χ0v) is 6.28. The average Bonchev–Trinajstić information content (AvgIpc) is 2.27. The molecule has 2 aromatic heterocycles. The van der Waals surface area contributed by atoms with Gasteiger partial charge in [0.1, 0.15) is 5.82 Å². The Morgan fingerprint density at radius 3 is 3.09 bits per heavy atom. The van der Waals surface area contributed by atoms with Gasteiger partial charge in [0, 0.05) is 6.20 Å². The van der Waals surface area contributed by atoms with Gasteiger partial charge in [-0.2, -0.15) is 0 Å². The number of aryl methyl sites for hydroxylation is 1. The lowest BCUT2D eigenvalue weighted by molar-refractivity contribution is 1.14. The third-order valence-corrected chi connectivity index (χ3v) is 1.63. The Kier molecular flexibility index (Phi) is 1.12. The van der Waals surface area contributed by atoms with Crippen molar-refractivity contribution in [1.29, 1.82) is 0 Å². The van der Waals surface area contributed by atoms with E-state index in [0.717, 1.165) is 5.52 Å². The molecule has 3 heteroatoms. The molecule has 2 aromatic rings. The highest BCUT2D eigenvalue weighted by Gasteiger charge is 1.94. The van der Waals surface area contributed by atoms with Crippen molar-refractivity contribution in [3.05, 3.63) is 30.2 Å². The Hall–Kier alpha value is -1.51. The van der Waals surface area contributed by atoms with Crippen LogP contribution in [0, 0.1) is 6.92 Å². The van der Waals surface area contributed by atoms with E-state index in [0.29, 0.717) is 5.82 Å². The molecule has 0 amide bonds. The second-order valence-corrected chi connectivity index (χ2v) is 2.66. The van der Waals surface area contributed by atoms with E-state index in [1.165, 1.54) is 5.56 Å². The van der Waals surface area contributed by atoms with Crippen molar-refractivity contribution in [3.63, 3.8) is 0 Å². The molecule has 0 saturated heterocycles. The van der Waals surface area contributed by atoms with E-state index >= 15 is 0 Å². The van der Waals surface area contributed by atoms with Crippen LogP contribution in [-0.2, 0) is 0 Å². The van der Waals surface area contributed by atoms with Crippen LogP contribution in [0.1, 0.15) is 5.56 Å². The fourth-order valence-electron chi connectivity index (χ4n) is 1.17. The number of fused-ring (bicyclic) bond motifs is 1. The molecule has 2 N–H and O–H groups in total. The summed E-state index contributed by atoms with van der Waals surface area (Å²) in [5, 5.41) is 0. The van der Waals surface area contributed by atoms with Gasteiger partial charge in [0.25, 0.3) is 0 Å². The van der Waals surface area contributed by atoms with Gasteiger partial charge >= 0.3 is 0 Å². The highest BCUT2D eigenvalue weighted by Crippen LogP contribution is 2.08. The molecule has 3 nitrogen and oxygen atoms in total. The number of rotatable bonds is 0. The lowest BCUT2D eigenvalue weighted by Crippen LogP contribution is -1.92. The topological polar surface area (TPSA) is 43.3 Å². The number of anilines is 1. The largest absolute Gasteiger partial charge is 0.382 e. The van der Waals surface area contributed by atoms with Gasteiger partial charge in [-0.25, -0.2) is 4.98 Å². The van der Waals surface area contributed by atoms with Gasteiger partial charge in [0.15, 0.2) is 0 Å². The minimum Gasteiger partial charge on any atom is -0.382 e. The van der Waals surface area contributed by atoms with Crippen molar-refractivity contribution in [2.24, 2.45) is 0 Å². The molecule has 0 saturated carbocycles. The molecular weight excluding hydrogens is 138 g/mol. The van der Waals surface area contributed by atoms with Gasteiger partial charge in [0.2, 0.25) is 0 Å².